The lowest BCUT2D eigenvalue weighted by Gasteiger charge is -2.36. The summed E-state index contributed by atoms with van der Waals surface area (Å²) >= 11 is 0. The minimum atomic E-state index is -3.44. The molecule has 1 fully saturated rings. The first-order valence-electron chi connectivity index (χ1n) is 7.80. The van der Waals surface area contributed by atoms with E-state index in [2.05, 4.69) is 28.5 Å². The second kappa shape index (κ2) is 7.57. The van der Waals surface area contributed by atoms with Gasteiger partial charge >= 0.3 is 0 Å². The number of sulfonamides is 1. The Bertz CT molecular complexity index is 596. The van der Waals surface area contributed by atoms with Crippen molar-refractivity contribution in [2.24, 2.45) is 0 Å². The average Bonchev–Trinajstić information content (AvgIpc) is 2.52. The highest BCUT2D eigenvalue weighted by molar-refractivity contribution is 7.89. The Hall–Kier alpha value is -1.22. The Kier molecular flexibility index (Phi) is 5.96. The van der Waals surface area contributed by atoms with E-state index in [1.807, 2.05) is 11.9 Å². The van der Waals surface area contributed by atoms with Gasteiger partial charge in [-0.1, -0.05) is 0 Å². The number of nitrogens with one attached hydrogen (secondary N) is 1. The Labute approximate surface area is 138 Å². The van der Waals surface area contributed by atoms with Crippen molar-refractivity contribution in [3.8, 4) is 0 Å². The van der Waals surface area contributed by atoms with Crippen LogP contribution in [0.2, 0.25) is 0 Å². The molecule has 0 unspecified atom stereocenters. The van der Waals surface area contributed by atoms with Crippen LogP contribution in [0.25, 0.3) is 0 Å². The van der Waals surface area contributed by atoms with Crippen molar-refractivity contribution in [3.63, 3.8) is 0 Å². The lowest BCUT2D eigenvalue weighted by atomic mass is 10.2. The molecule has 0 bridgehead atoms. The molecule has 130 valence electrons. The first-order chi connectivity index (χ1) is 10.8. The first-order valence-corrected chi connectivity index (χ1v) is 9.28. The fourth-order valence-electron chi connectivity index (χ4n) is 2.75. The van der Waals surface area contributed by atoms with Gasteiger partial charge in [-0.05, 0) is 33.0 Å². The van der Waals surface area contributed by atoms with Gasteiger partial charge in [0.15, 0.2) is 0 Å². The predicted molar refractivity (Wildman–Crippen MR) is 90.2 cm³/mol. The highest BCUT2D eigenvalue weighted by atomic mass is 32.2. The zero-order valence-electron chi connectivity index (χ0n) is 14.2. The molecule has 1 aliphatic heterocycles. The van der Waals surface area contributed by atoms with Crippen LogP contribution in [0.3, 0.4) is 0 Å². The Morgan fingerprint density at radius 3 is 2.52 bits per heavy atom. The smallest absolute Gasteiger partial charge is 0.241 e. The molecule has 1 aromatic rings. The molecule has 23 heavy (non-hydrogen) atoms. The van der Waals surface area contributed by atoms with Crippen LogP contribution in [-0.2, 0) is 14.8 Å². The molecule has 0 saturated carbocycles. The monoisotopic (exact) mass is 342 g/mol. The van der Waals surface area contributed by atoms with Crippen LogP contribution in [0.4, 0.5) is 5.82 Å². The van der Waals surface area contributed by atoms with Gasteiger partial charge in [0.2, 0.25) is 10.0 Å². The summed E-state index contributed by atoms with van der Waals surface area (Å²) in [5.74, 6) is 0.759. The third-order valence-electron chi connectivity index (χ3n) is 3.94. The number of anilines is 1. The highest BCUT2D eigenvalue weighted by Gasteiger charge is 2.22. The van der Waals surface area contributed by atoms with E-state index in [0.717, 1.165) is 32.0 Å². The number of pyridine rings is 1. The number of hydrogen-bond donors (Lipinski definition) is 1. The summed E-state index contributed by atoms with van der Waals surface area (Å²) in [6, 6.07) is 3.30. The van der Waals surface area contributed by atoms with E-state index in [0.29, 0.717) is 0 Å². The lowest BCUT2D eigenvalue weighted by molar-refractivity contribution is -0.0670. The van der Waals surface area contributed by atoms with Crippen LogP contribution < -0.4 is 9.62 Å². The quantitative estimate of drug-likeness (QED) is 0.813. The van der Waals surface area contributed by atoms with E-state index in [1.54, 1.807) is 12.1 Å². The van der Waals surface area contributed by atoms with Gasteiger partial charge in [-0.25, -0.2) is 18.1 Å². The summed E-state index contributed by atoms with van der Waals surface area (Å²) in [6.07, 6.45) is 1.90. The molecule has 0 amide bonds. The van der Waals surface area contributed by atoms with Crippen LogP contribution in [0.5, 0.6) is 0 Å². The molecule has 0 radical (unpaired) electrons. The van der Waals surface area contributed by atoms with Crippen molar-refractivity contribution in [2.45, 2.75) is 31.0 Å². The van der Waals surface area contributed by atoms with E-state index >= 15 is 0 Å². The summed E-state index contributed by atoms with van der Waals surface area (Å²) in [6.45, 7) is 7.80. The standard InChI is InChI=1S/C15H26N4O3S/c1-12-10-19(11-13(2)22-12)8-7-18(4)15-6-5-14(9-17-15)23(20,21)16-3/h5-6,9,12-13,16H,7-8,10-11H2,1-4H3/t12-,13+. The zero-order valence-corrected chi connectivity index (χ0v) is 15.0. The van der Waals surface area contributed by atoms with E-state index < -0.39 is 10.0 Å². The maximum absolute atomic E-state index is 11.7. The van der Waals surface area contributed by atoms with E-state index in [4.69, 9.17) is 4.74 Å². The van der Waals surface area contributed by atoms with Crippen molar-refractivity contribution in [3.05, 3.63) is 18.3 Å². The molecule has 0 aliphatic carbocycles. The number of rotatable bonds is 6. The minimum Gasteiger partial charge on any atom is -0.373 e. The SMILES string of the molecule is CNS(=O)(=O)c1ccc(N(C)CCN2C[C@@H](C)O[C@@H](C)C2)nc1. The van der Waals surface area contributed by atoms with Crippen molar-refractivity contribution < 1.29 is 13.2 Å². The van der Waals surface area contributed by atoms with Gasteiger partial charge < -0.3 is 9.64 Å². The summed E-state index contributed by atoms with van der Waals surface area (Å²) in [5, 5.41) is 0. The predicted octanol–water partition coefficient (Wildman–Crippen LogP) is 0.535. The lowest BCUT2D eigenvalue weighted by Crippen LogP contribution is -2.47. The number of hydrogen-bond acceptors (Lipinski definition) is 6. The summed E-state index contributed by atoms with van der Waals surface area (Å²) in [4.78, 5) is 8.84. The maximum Gasteiger partial charge on any atom is 0.241 e. The summed E-state index contributed by atoms with van der Waals surface area (Å²) < 4.78 is 31.4. The Balaban J connectivity index is 1.92. The van der Waals surface area contributed by atoms with Crippen LogP contribution in [0.15, 0.2) is 23.2 Å². The molecule has 2 rings (SSSR count). The minimum absolute atomic E-state index is 0.174. The van der Waals surface area contributed by atoms with Crippen LogP contribution in [0, 0.1) is 0 Å². The van der Waals surface area contributed by atoms with E-state index in [1.165, 1.54) is 13.2 Å². The number of nitrogens with zero attached hydrogens (tertiary/aromatic N) is 3. The summed E-state index contributed by atoms with van der Waals surface area (Å²) in [5.41, 5.74) is 0. The largest absolute Gasteiger partial charge is 0.373 e. The fraction of sp³-hybridized carbons (Fsp3) is 0.667. The van der Waals surface area contributed by atoms with Crippen molar-refractivity contribution in [1.29, 1.82) is 0 Å². The van der Waals surface area contributed by atoms with Crippen LogP contribution >= 0.6 is 0 Å². The second-order valence-corrected chi connectivity index (χ2v) is 7.88. The molecule has 0 aromatic carbocycles. The maximum atomic E-state index is 11.7. The van der Waals surface area contributed by atoms with Gasteiger partial charge in [-0.2, -0.15) is 0 Å². The van der Waals surface area contributed by atoms with Gasteiger partial charge in [0, 0.05) is 39.4 Å². The molecule has 2 heterocycles. The fourth-order valence-corrected chi connectivity index (χ4v) is 3.42. The molecule has 0 spiro atoms. The number of likely N-dealkylation sites (N-methyl/N-ethyl adjacent to an activating group) is 1. The molecule has 8 heteroatoms. The number of ether oxygens (including phenoxy) is 1. The van der Waals surface area contributed by atoms with Gasteiger partial charge in [0.25, 0.3) is 0 Å². The van der Waals surface area contributed by atoms with Gasteiger partial charge in [-0.15, -0.1) is 0 Å². The molecular weight excluding hydrogens is 316 g/mol. The number of aromatic nitrogens is 1. The molecule has 1 saturated heterocycles. The zero-order chi connectivity index (χ0) is 17.0. The van der Waals surface area contributed by atoms with Crippen molar-refractivity contribution >= 4 is 15.8 Å². The number of morpholine rings is 1. The van der Waals surface area contributed by atoms with Gasteiger partial charge in [0.1, 0.15) is 10.7 Å². The van der Waals surface area contributed by atoms with Crippen molar-refractivity contribution in [1.82, 2.24) is 14.6 Å². The Morgan fingerprint density at radius 1 is 1.35 bits per heavy atom. The normalized spacial score (nSPS) is 23.0. The third kappa shape index (κ3) is 4.87. The van der Waals surface area contributed by atoms with E-state index in [9.17, 15) is 8.42 Å². The Morgan fingerprint density at radius 2 is 2.00 bits per heavy atom. The summed E-state index contributed by atoms with van der Waals surface area (Å²) in [7, 11) is -0.0867. The average molecular weight is 342 g/mol. The third-order valence-corrected chi connectivity index (χ3v) is 5.34. The highest BCUT2D eigenvalue weighted by Crippen LogP contribution is 2.14. The molecule has 7 nitrogen and oxygen atoms in total. The van der Waals surface area contributed by atoms with Crippen molar-refractivity contribution in [2.75, 3.05) is 45.2 Å². The topological polar surface area (TPSA) is 74.8 Å². The molecule has 1 aliphatic rings. The van der Waals surface area contributed by atoms with E-state index in [-0.39, 0.29) is 17.1 Å². The van der Waals surface area contributed by atoms with Crippen LogP contribution in [-0.4, -0.2) is 70.8 Å². The molecule has 2 atom stereocenters. The molecule has 1 aromatic heterocycles. The molecule has 1 N–H and O–H groups in total. The first kappa shape index (κ1) is 18.1. The van der Waals surface area contributed by atoms with Gasteiger partial charge in [-0.3, -0.25) is 4.90 Å². The van der Waals surface area contributed by atoms with Gasteiger partial charge in [0.05, 0.1) is 12.2 Å². The molecular formula is C15H26N4O3S. The second-order valence-electron chi connectivity index (χ2n) is 6.00. The van der Waals surface area contributed by atoms with Crippen LogP contribution in [0.1, 0.15) is 13.8 Å².